The van der Waals surface area contributed by atoms with Crippen LogP contribution in [0.2, 0.25) is 0 Å². The number of benzene rings is 3. The molecule has 0 unspecified atom stereocenters. The van der Waals surface area contributed by atoms with E-state index in [0.717, 1.165) is 4.47 Å². The molecule has 0 radical (unpaired) electrons. The molecule has 0 N–H and O–H groups in total. The van der Waals surface area contributed by atoms with Gasteiger partial charge in [0, 0.05) is 19.8 Å². The van der Waals surface area contributed by atoms with Crippen LogP contribution in [0.15, 0.2) is 95.5 Å². The van der Waals surface area contributed by atoms with E-state index >= 15 is 0 Å². The lowest BCUT2D eigenvalue weighted by atomic mass is 10.0. The van der Waals surface area contributed by atoms with E-state index in [1.807, 2.05) is 11.3 Å². The summed E-state index contributed by atoms with van der Waals surface area (Å²) in [7, 11) is 0. The Morgan fingerprint density at radius 1 is 0.583 bits per heavy atom. The Balaban J connectivity index is 1.90. The molecule has 3 aromatic carbocycles. The summed E-state index contributed by atoms with van der Waals surface area (Å²) >= 11 is 5.38. The van der Waals surface area contributed by atoms with Crippen molar-refractivity contribution >= 4 is 27.3 Å². The first-order chi connectivity index (χ1) is 11.8. The van der Waals surface area contributed by atoms with Crippen molar-refractivity contribution in [2.45, 2.75) is 0 Å². The summed E-state index contributed by atoms with van der Waals surface area (Å²) in [5.41, 5.74) is 5.07. The zero-order chi connectivity index (χ0) is 16.4. The summed E-state index contributed by atoms with van der Waals surface area (Å²) in [5.74, 6) is 0. The molecule has 2 heteroatoms. The van der Waals surface area contributed by atoms with Crippen LogP contribution in [0.1, 0.15) is 0 Å². The molecule has 0 saturated heterocycles. The number of hydrogen-bond donors (Lipinski definition) is 0. The molecular weight excluding hydrogens is 376 g/mol. The van der Waals surface area contributed by atoms with Crippen molar-refractivity contribution in [3.63, 3.8) is 0 Å². The topological polar surface area (TPSA) is 0 Å². The summed E-state index contributed by atoms with van der Waals surface area (Å²) in [6.45, 7) is 0. The fraction of sp³-hybridized carbons (Fsp3) is 0. The van der Waals surface area contributed by atoms with Crippen LogP contribution in [0.4, 0.5) is 0 Å². The largest absolute Gasteiger partial charge is 0.135 e. The second-order valence-electron chi connectivity index (χ2n) is 5.59. The van der Waals surface area contributed by atoms with Gasteiger partial charge in [-0.2, -0.15) is 0 Å². The van der Waals surface area contributed by atoms with Crippen LogP contribution in [-0.2, 0) is 0 Å². The molecule has 4 rings (SSSR count). The van der Waals surface area contributed by atoms with Crippen LogP contribution < -0.4 is 0 Å². The van der Waals surface area contributed by atoms with Crippen molar-refractivity contribution in [3.8, 4) is 32.0 Å². The van der Waals surface area contributed by atoms with E-state index in [1.165, 1.54) is 32.0 Å². The van der Waals surface area contributed by atoms with Crippen molar-refractivity contribution in [1.82, 2.24) is 0 Å². The van der Waals surface area contributed by atoms with E-state index in [1.54, 1.807) is 0 Å². The molecule has 0 aliphatic rings. The third-order valence-electron chi connectivity index (χ3n) is 3.98. The number of halogens is 1. The van der Waals surface area contributed by atoms with Crippen LogP contribution in [-0.4, -0.2) is 0 Å². The van der Waals surface area contributed by atoms with E-state index < -0.39 is 0 Å². The maximum Gasteiger partial charge on any atom is 0.0427 e. The third kappa shape index (κ3) is 3.08. The highest BCUT2D eigenvalue weighted by atomic mass is 79.9. The van der Waals surface area contributed by atoms with Gasteiger partial charge in [-0.1, -0.05) is 88.7 Å². The van der Waals surface area contributed by atoms with Gasteiger partial charge in [-0.3, -0.25) is 0 Å². The molecule has 0 spiro atoms. The van der Waals surface area contributed by atoms with Crippen LogP contribution in [0.3, 0.4) is 0 Å². The van der Waals surface area contributed by atoms with Crippen molar-refractivity contribution in [2.24, 2.45) is 0 Å². The molecule has 0 nitrogen and oxygen atoms in total. The second-order valence-corrected chi connectivity index (χ2v) is 7.56. The minimum Gasteiger partial charge on any atom is -0.135 e. The highest BCUT2D eigenvalue weighted by molar-refractivity contribution is 9.10. The summed E-state index contributed by atoms with van der Waals surface area (Å²) in [6.07, 6.45) is 0. The third-order valence-corrected chi connectivity index (χ3v) is 5.74. The normalized spacial score (nSPS) is 10.7. The van der Waals surface area contributed by atoms with Crippen LogP contribution in [0.5, 0.6) is 0 Å². The van der Waals surface area contributed by atoms with Crippen LogP contribution >= 0.6 is 27.3 Å². The van der Waals surface area contributed by atoms with Crippen molar-refractivity contribution in [2.75, 3.05) is 0 Å². The van der Waals surface area contributed by atoms with E-state index in [-0.39, 0.29) is 0 Å². The first-order valence-electron chi connectivity index (χ1n) is 7.82. The van der Waals surface area contributed by atoms with E-state index in [2.05, 4.69) is 107 Å². The molecular formula is C22H15BrS. The van der Waals surface area contributed by atoms with Gasteiger partial charge in [0.2, 0.25) is 0 Å². The minimum absolute atomic E-state index is 1.10. The van der Waals surface area contributed by atoms with Gasteiger partial charge in [0.05, 0.1) is 0 Å². The molecule has 1 aromatic heterocycles. The van der Waals surface area contributed by atoms with E-state index in [9.17, 15) is 0 Å². The molecule has 24 heavy (non-hydrogen) atoms. The van der Waals surface area contributed by atoms with E-state index in [4.69, 9.17) is 0 Å². The average Bonchev–Trinajstić information content (AvgIpc) is 3.09. The fourth-order valence-corrected chi connectivity index (χ4v) is 4.24. The molecule has 4 aromatic rings. The molecule has 0 atom stereocenters. The van der Waals surface area contributed by atoms with Gasteiger partial charge >= 0.3 is 0 Å². The molecule has 116 valence electrons. The Hall–Kier alpha value is -2.16. The van der Waals surface area contributed by atoms with Gasteiger partial charge < -0.3 is 0 Å². The van der Waals surface area contributed by atoms with Crippen molar-refractivity contribution in [3.05, 3.63) is 95.5 Å². The van der Waals surface area contributed by atoms with Gasteiger partial charge in [0.25, 0.3) is 0 Å². The standard InChI is InChI=1S/C22H15BrS/c23-19-13-11-16(12-14-19)20-15-21(17-7-3-1-4-8-17)24-22(20)18-9-5-2-6-10-18/h1-15H. The summed E-state index contributed by atoms with van der Waals surface area (Å²) in [5, 5.41) is 0. The van der Waals surface area contributed by atoms with Gasteiger partial charge in [0.15, 0.2) is 0 Å². The highest BCUT2D eigenvalue weighted by Crippen LogP contribution is 2.43. The number of thiophene rings is 1. The Morgan fingerprint density at radius 3 is 1.79 bits per heavy atom. The molecule has 0 bridgehead atoms. The Morgan fingerprint density at radius 2 is 1.17 bits per heavy atom. The molecule has 1 heterocycles. The maximum absolute atomic E-state index is 3.53. The van der Waals surface area contributed by atoms with E-state index in [0.29, 0.717) is 0 Å². The van der Waals surface area contributed by atoms with Gasteiger partial charge in [0.1, 0.15) is 0 Å². The molecule has 0 aliphatic heterocycles. The smallest absolute Gasteiger partial charge is 0.0427 e. The van der Waals surface area contributed by atoms with Gasteiger partial charge in [-0.25, -0.2) is 0 Å². The molecule has 0 saturated carbocycles. The molecule has 0 fully saturated rings. The first kappa shape index (κ1) is 15.4. The number of hydrogen-bond acceptors (Lipinski definition) is 1. The first-order valence-corrected chi connectivity index (χ1v) is 9.43. The lowest BCUT2D eigenvalue weighted by Crippen LogP contribution is -1.78. The summed E-state index contributed by atoms with van der Waals surface area (Å²) in [6, 6.07) is 32.1. The van der Waals surface area contributed by atoms with Crippen LogP contribution in [0, 0.1) is 0 Å². The predicted molar refractivity (Wildman–Crippen MR) is 108 cm³/mol. The minimum atomic E-state index is 1.10. The lowest BCUT2D eigenvalue weighted by molar-refractivity contribution is 1.62. The predicted octanol–water partition coefficient (Wildman–Crippen LogP) is 7.51. The Labute approximate surface area is 154 Å². The Bertz CT molecular complexity index is 938. The van der Waals surface area contributed by atoms with Gasteiger partial charge in [-0.05, 0) is 34.9 Å². The highest BCUT2D eigenvalue weighted by Gasteiger charge is 2.13. The summed E-state index contributed by atoms with van der Waals surface area (Å²) < 4.78 is 1.10. The molecule has 0 amide bonds. The monoisotopic (exact) mass is 390 g/mol. The van der Waals surface area contributed by atoms with Crippen LogP contribution in [0.25, 0.3) is 32.0 Å². The average molecular weight is 391 g/mol. The SMILES string of the molecule is Brc1ccc(-c2cc(-c3ccccc3)sc2-c2ccccc2)cc1. The fourth-order valence-electron chi connectivity index (χ4n) is 2.78. The van der Waals surface area contributed by atoms with Crippen molar-refractivity contribution < 1.29 is 0 Å². The zero-order valence-electron chi connectivity index (χ0n) is 12.9. The quantitative estimate of drug-likeness (QED) is 0.339. The van der Waals surface area contributed by atoms with Crippen molar-refractivity contribution in [1.29, 1.82) is 0 Å². The molecule has 0 aliphatic carbocycles. The zero-order valence-corrected chi connectivity index (χ0v) is 15.3. The number of rotatable bonds is 3. The maximum atomic E-state index is 3.53. The Kier molecular flexibility index (Phi) is 4.33. The second kappa shape index (κ2) is 6.76. The lowest BCUT2D eigenvalue weighted by Gasteiger charge is -2.04. The summed E-state index contributed by atoms with van der Waals surface area (Å²) in [4.78, 5) is 2.61. The van der Waals surface area contributed by atoms with Gasteiger partial charge in [-0.15, -0.1) is 11.3 Å².